The van der Waals surface area contributed by atoms with Crippen molar-refractivity contribution in [1.29, 1.82) is 0 Å². The molecule has 0 radical (unpaired) electrons. The molecule has 4 N–H and O–H groups in total. The van der Waals surface area contributed by atoms with Crippen LogP contribution < -0.4 is 16.0 Å². The molecule has 4 unspecified atom stereocenters. The molecule has 0 aliphatic heterocycles. The van der Waals surface area contributed by atoms with Crippen molar-refractivity contribution in [3.63, 3.8) is 0 Å². The van der Waals surface area contributed by atoms with Gasteiger partial charge in [-0.1, -0.05) is 64.4 Å². The molecule has 46 heavy (non-hydrogen) atoms. The van der Waals surface area contributed by atoms with E-state index in [9.17, 15) is 24.3 Å². The van der Waals surface area contributed by atoms with Crippen molar-refractivity contribution in [2.24, 2.45) is 11.8 Å². The number of amides is 3. The van der Waals surface area contributed by atoms with E-state index in [1.807, 2.05) is 56.1 Å². The molecule has 2 rings (SSSR count). The highest BCUT2D eigenvalue weighted by Crippen LogP contribution is 2.28. The van der Waals surface area contributed by atoms with Crippen molar-refractivity contribution in [3.8, 4) is 0 Å². The summed E-state index contributed by atoms with van der Waals surface area (Å²) < 4.78 is 11.1. The fraction of sp³-hybridized carbons (Fsp3) is 0.606. The number of nitrogens with zero attached hydrogens (tertiary/aromatic N) is 2. The Bertz CT molecular complexity index is 1230. The molecule has 0 fully saturated rings. The topological polar surface area (TPSA) is 159 Å². The Morgan fingerprint density at radius 3 is 2.39 bits per heavy atom. The van der Waals surface area contributed by atoms with E-state index in [1.165, 1.54) is 18.4 Å². The van der Waals surface area contributed by atoms with Gasteiger partial charge in [-0.3, -0.25) is 24.1 Å². The number of carbonyl (C=O) groups excluding carboxylic acids is 3. The number of aliphatic carboxylic acids is 1. The number of hydrogen-bond acceptors (Lipinski definition) is 9. The van der Waals surface area contributed by atoms with Crippen LogP contribution in [0.4, 0.5) is 0 Å². The molecule has 1 aromatic carbocycles. The van der Waals surface area contributed by atoms with E-state index in [-0.39, 0.29) is 55.8 Å². The number of carboxylic acids is 1. The SMILES string of the molecule is CCCCN(C)CC(=O)NCC(=O)NC(CC(OCOC)c1nc(C(=O)NC(Cc2ccccc2)CC(C)C(=O)O)cs1)C(C)C. The molecule has 0 saturated carbocycles. The number of hydrogen-bond donors (Lipinski definition) is 4. The molecule has 2 aromatic rings. The molecule has 0 aliphatic rings. The Hall–Kier alpha value is -3.39. The van der Waals surface area contributed by atoms with Crippen LogP contribution in [0.5, 0.6) is 0 Å². The van der Waals surface area contributed by atoms with Crippen LogP contribution in [-0.4, -0.2) is 91.3 Å². The maximum Gasteiger partial charge on any atom is 0.306 e. The standard InChI is InChI=1S/C33H51N5O7S/c1-7-8-14-38(5)19-30(40)34-18-29(39)36-26(22(2)3)17-28(45-21-44-6)32-37-27(20-46-32)31(41)35-25(15-23(4)33(42)43)16-24-12-10-9-11-13-24/h9-13,20,22-23,25-26,28H,7-8,14-19,21H2,1-6H3,(H,34,40)(H,35,41)(H,36,39)(H,42,43). The van der Waals surface area contributed by atoms with Crippen molar-refractivity contribution in [2.45, 2.75) is 78.0 Å². The van der Waals surface area contributed by atoms with Crippen molar-refractivity contribution in [1.82, 2.24) is 25.8 Å². The first-order chi connectivity index (χ1) is 21.9. The Labute approximate surface area is 276 Å². The van der Waals surface area contributed by atoms with Crippen molar-refractivity contribution in [3.05, 3.63) is 52.0 Å². The van der Waals surface area contributed by atoms with E-state index in [4.69, 9.17) is 9.47 Å². The Balaban J connectivity index is 2.08. The summed E-state index contributed by atoms with van der Waals surface area (Å²) >= 11 is 1.26. The van der Waals surface area contributed by atoms with Gasteiger partial charge in [-0.05, 0) is 44.3 Å². The van der Waals surface area contributed by atoms with Gasteiger partial charge in [0.25, 0.3) is 5.91 Å². The third kappa shape index (κ3) is 14.4. The lowest BCUT2D eigenvalue weighted by Gasteiger charge is -2.26. The van der Waals surface area contributed by atoms with Crippen molar-refractivity contribution in [2.75, 3.05) is 40.6 Å². The lowest BCUT2D eigenvalue weighted by Crippen LogP contribution is -2.46. The third-order valence-electron chi connectivity index (χ3n) is 7.51. The number of thiazole rings is 1. The van der Waals surface area contributed by atoms with Gasteiger partial charge in [0.15, 0.2) is 0 Å². The number of carboxylic acid groups (broad SMARTS) is 1. The van der Waals surface area contributed by atoms with E-state index in [0.717, 1.165) is 24.9 Å². The number of rotatable bonds is 22. The molecule has 0 spiro atoms. The molecule has 13 heteroatoms. The average Bonchev–Trinajstić information content (AvgIpc) is 3.51. The molecule has 256 valence electrons. The highest BCUT2D eigenvalue weighted by Gasteiger charge is 2.27. The monoisotopic (exact) mass is 661 g/mol. The van der Waals surface area contributed by atoms with Gasteiger partial charge in [-0.2, -0.15) is 0 Å². The summed E-state index contributed by atoms with van der Waals surface area (Å²) in [4.78, 5) is 56.4. The van der Waals surface area contributed by atoms with E-state index in [2.05, 4.69) is 27.9 Å². The van der Waals surface area contributed by atoms with E-state index in [0.29, 0.717) is 17.8 Å². The van der Waals surface area contributed by atoms with Gasteiger partial charge < -0.3 is 30.5 Å². The number of likely N-dealkylation sites (N-methyl/N-ethyl adjacent to an activating group) is 1. The Morgan fingerprint density at radius 1 is 1.04 bits per heavy atom. The van der Waals surface area contributed by atoms with Crippen LogP contribution in [0.15, 0.2) is 35.7 Å². The predicted molar refractivity (Wildman–Crippen MR) is 177 cm³/mol. The largest absolute Gasteiger partial charge is 0.481 e. The van der Waals surface area contributed by atoms with Crippen LogP contribution >= 0.6 is 11.3 Å². The van der Waals surface area contributed by atoms with E-state index in [1.54, 1.807) is 12.3 Å². The highest BCUT2D eigenvalue weighted by molar-refractivity contribution is 7.09. The molecule has 0 bridgehead atoms. The number of methoxy groups -OCH3 is 1. The zero-order valence-corrected chi connectivity index (χ0v) is 28.7. The number of ether oxygens (including phenoxy) is 2. The minimum Gasteiger partial charge on any atom is -0.481 e. The summed E-state index contributed by atoms with van der Waals surface area (Å²) in [5, 5.41) is 20.3. The number of unbranched alkanes of at least 4 members (excludes halogenated alkanes) is 1. The van der Waals surface area contributed by atoms with E-state index < -0.39 is 29.9 Å². The van der Waals surface area contributed by atoms with Crippen LogP contribution in [0.2, 0.25) is 0 Å². The normalized spacial score (nSPS) is 14.0. The van der Waals surface area contributed by atoms with Crippen LogP contribution in [0, 0.1) is 11.8 Å². The fourth-order valence-corrected chi connectivity index (χ4v) is 5.64. The zero-order valence-electron chi connectivity index (χ0n) is 27.9. The molecule has 0 aliphatic carbocycles. The molecule has 1 aromatic heterocycles. The Morgan fingerprint density at radius 2 is 1.76 bits per heavy atom. The second-order valence-corrected chi connectivity index (χ2v) is 12.9. The number of nitrogens with one attached hydrogen (secondary N) is 3. The van der Waals surface area contributed by atoms with Gasteiger partial charge in [-0.15, -0.1) is 11.3 Å². The average molecular weight is 662 g/mol. The highest BCUT2D eigenvalue weighted by atomic mass is 32.1. The van der Waals surface area contributed by atoms with Crippen molar-refractivity contribution >= 4 is 35.0 Å². The minimum absolute atomic E-state index is 0.0155. The first kappa shape index (κ1) is 38.8. The summed E-state index contributed by atoms with van der Waals surface area (Å²) in [5.41, 5.74) is 1.18. The van der Waals surface area contributed by atoms with Gasteiger partial charge in [-0.25, -0.2) is 4.98 Å². The quantitative estimate of drug-likeness (QED) is 0.138. The number of benzene rings is 1. The van der Waals surface area contributed by atoms with Gasteiger partial charge >= 0.3 is 5.97 Å². The number of aromatic nitrogens is 1. The molecule has 0 saturated heterocycles. The van der Waals surface area contributed by atoms with Crippen LogP contribution in [0.1, 0.15) is 80.5 Å². The van der Waals surface area contributed by atoms with Gasteiger partial charge in [0, 0.05) is 31.0 Å². The Kier molecular flexibility index (Phi) is 17.4. The molecule has 3 amide bonds. The summed E-state index contributed by atoms with van der Waals surface area (Å²) in [7, 11) is 3.38. The van der Waals surface area contributed by atoms with Gasteiger partial charge in [0.1, 0.15) is 23.6 Å². The zero-order chi connectivity index (χ0) is 34.1. The smallest absolute Gasteiger partial charge is 0.306 e. The third-order valence-corrected chi connectivity index (χ3v) is 8.45. The molecular formula is C33H51N5O7S. The number of carbonyl (C=O) groups is 4. The minimum atomic E-state index is -0.925. The van der Waals surface area contributed by atoms with Crippen LogP contribution in [-0.2, 0) is 30.3 Å². The lowest BCUT2D eigenvalue weighted by molar-refractivity contribution is -0.141. The summed E-state index contributed by atoms with van der Waals surface area (Å²) in [5.74, 6) is -2.47. The molecular weight excluding hydrogens is 610 g/mol. The second-order valence-electron chi connectivity index (χ2n) is 12.0. The predicted octanol–water partition coefficient (Wildman–Crippen LogP) is 3.64. The first-order valence-corrected chi connectivity index (χ1v) is 16.7. The van der Waals surface area contributed by atoms with Gasteiger partial charge in [0.05, 0.1) is 19.0 Å². The maximum atomic E-state index is 13.3. The molecule has 12 nitrogen and oxygen atoms in total. The summed E-state index contributed by atoms with van der Waals surface area (Å²) in [6.07, 6.45) is 2.57. The second kappa shape index (κ2) is 20.7. The summed E-state index contributed by atoms with van der Waals surface area (Å²) in [6, 6.07) is 8.86. The summed E-state index contributed by atoms with van der Waals surface area (Å²) in [6.45, 7) is 8.55. The van der Waals surface area contributed by atoms with Crippen LogP contribution in [0.3, 0.4) is 0 Å². The van der Waals surface area contributed by atoms with E-state index >= 15 is 0 Å². The van der Waals surface area contributed by atoms with Crippen molar-refractivity contribution < 1.29 is 33.8 Å². The van der Waals surface area contributed by atoms with Gasteiger partial charge in [0.2, 0.25) is 11.8 Å². The fourth-order valence-electron chi connectivity index (χ4n) is 4.78. The maximum absolute atomic E-state index is 13.3. The lowest BCUT2D eigenvalue weighted by atomic mass is 9.96. The molecule has 4 atom stereocenters. The molecule has 1 heterocycles. The van der Waals surface area contributed by atoms with Crippen LogP contribution in [0.25, 0.3) is 0 Å². The first-order valence-electron chi connectivity index (χ1n) is 15.8.